The number of hydrogen-bond acceptors (Lipinski definition) is 6. The van der Waals surface area contributed by atoms with Crippen LogP contribution in [0.4, 0.5) is 5.95 Å². The van der Waals surface area contributed by atoms with E-state index in [1.807, 2.05) is 37.4 Å². The molecule has 0 unspecified atom stereocenters. The number of nitrogens with one attached hydrogen (secondary N) is 1. The Bertz CT molecular complexity index is 1020. The van der Waals surface area contributed by atoms with Gasteiger partial charge in [-0.05, 0) is 48.9 Å². The highest BCUT2D eigenvalue weighted by Crippen LogP contribution is 2.26. The fraction of sp³-hybridized carbons (Fsp3) is 0.261. The second-order valence-electron chi connectivity index (χ2n) is 6.66. The summed E-state index contributed by atoms with van der Waals surface area (Å²) in [5.74, 6) is -1.94. The van der Waals surface area contributed by atoms with E-state index in [-0.39, 0.29) is 0 Å². The van der Waals surface area contributed by atoms with Crippen molar-refractivity contribution in [2.24, 2.45) is 0 Å². The van der Waals surface area contributed by atoms with E-state index in [2.05, 4.69) is 55.1 Å². The summed E-state index contributed by atoms with van der Waals surface area (Å²) in [6.45, 7) is 4.70. The third kappa shape index (κ3) is 8.24. The van der Waals surface area contributed by atoms with Crippen molar-refractivity contribution in [2.45, 2.75) is 20.0 Å². The third-order valence-corrected chi connectivity index (χ3v) is 4.91. The van der Waals surface area contributed by atoms with Gasteiger partial charge in [0.25, 0.3) is 0 Å². The fourth-order valence-electron chi connectivity index (χ4n) is 2.83. The lowest BCUT2D eigenvalue weighted by molar-refractivity contribution is -0.159. The summed E-state index contributed by atoms with van der Waals surface area (Å²) < 4.78 is 14.0. The number of carboxylic acids is 2. The standard InChI is InChI=1S/C21H24BrN3O2.C2H2O4/c1-3-27-19-10-6-17(7-11-19)20-15-24-21(25(20)12-13-26-2)23-14-16-4-8-18(22)9-5-16;3-1(4)2(5)6/h4-11,15H,3,12-14H2,1-2H3,(H,23,24);(H,3,4)(H,5,6). The maximum atomic E-state index is 9.10. The monoisotopic (exact) mass is 519 g/mol. The van der Waals surface area contributed by atoms with E-state index in [1.165, 1.54) is 5.56 Å². The van der Waals surface area contributed by atoms with Crippen LogP contribution in [0.25, 0.3) is 11.3 Å². The number of nitrogens with zero attached hydrogens (tertiary/aromatic N) is 2. The van der Waals surface area contributed by atoms with Crippen LogP contribution in [0.15, 0.2) is 59.2 Å². The number of halogens is 1. The molecule has 0 radical (unpaired) electrons. The second kappa shape index (κ2) is 13.2. The molecular weight excluding hydrogens is 494 g/mol. The predicted octanol–water partition coefficient (Wildman–Crippen LogP) is 4.13. The molecule has 0 spiro atoms. The van der Waals surface area contributed by atoms with Crippen molar-refractivity contribution in [3.63, 3.8) is 0 Å². The number of carboxylic acid groups (broad SMARTS) is 2. The SMILES string of the molecule is CCOc1ccc(-c2cnc(NCc3ccc(Br)cc3)n2CCOC)cc1.O=C(O)C(=O)O. The summed E-state index contributed by atoms with van der Waals surface area (Å²) in [6, 6.07) is 16.4. The lowest BCUT2D eigenvalue weighted by Crippen LogP contribution is -2.11. The quantitative estimate of drug-likeness (QED) is 0.360. The van der Waals surface area contributed by atoms with E-state index >= 15 is 0 Å². The average Bonchev–Trinajstić information content (AvgIpc) is 3.21. The molecule has 3 rings (SSSR count). The van der Waals surface area contributed by atoms with Crippen molar-refractivity contribution in [1.82, 2.24) is 9.55 Å². The highest BCUT2D eigenvalue weighted by Gasteiger charge is 2.12. The van der Waals surface area contributed by atoms with E-state index in [0.29, 0.717) is 19.8 Å². The second-order valence-corrected chi connectivity index (χ2v) is 7.57. The lowest BCUT2D eigenvalue weighted by atomic mass is 10.1. The van der Waals surface area contributed by atoms with E-state index in [9.17, 15) is 0 Å². The van der Waals surface area contributed by atoms with Crippen molar-refractivity contribution in [2.75, 3.05) is 25.6 Å². The van der Waals surface area contributed by atoms with Crippen LogP contribution in [0.5, 0.6) is 5.75 Å². The zero-order valence-electron chi connectivity index (χ0n) is 18.3. The van der Waals surface area contributed by atoms with Crippen LogP contribution in [0.3, 0.4) is 0 Å². The van der Waals surface area contributed by atoms with Gasteiger partial charge in [-0.15, -0.1) is 0 Å². The molecule has 0 atom stereocenters. The van der Waals surface area contributed by atoms with Gasteiger partial charge in [-0.2, -0.15) is 0 Å². The summed E-state index contributed by atoms with van der Waals surface area (Å²) in [4.78, 5) is 22.8. The molecule has 10 heteroatoms. The molecule has 0 saturated heterocycles. The van der Waals surface area contributed by atoms with Crippen molar-refractivity contribution >= 4 is 33.8 Å². The number of rotatable bonds is 9. The summed E-state index contributed by atoms with van der Waals surface area (Å²) in [6.07, 6.45) is 1.90. The molecule has 0 amide bonds. The molecule has 0 fully saturated rings. The van der Waals surface area contributed by atoms with Crippen LogP contribution in [-0.2, 0) is 27.4 Å². The topological polar surface area (TPSA) is 123 Å². The number of ether oxygens (including phenoxy) is 2. The fourth-order valence-corrected chi connectivity index (χ4v) is 3.09. The number of aliphatic carboxylic acids is 2. The molecule has 0 aliphatic heterocycles. The summed E-state index contributed by atoms with van der Waals surface area (Å²) in [5, 5.41) is 18.2. The van der Waals surface area contributed by atoms with Gasteiger partial charge >= 0.3 is 11.9 Å². The highest BCUT2D eigenvalue weighted by molar-refractivity contribution is 9.10. The maximum Gasteiger partial charge on any atom is 0.414 e. The molecule has 176 valence electrons. The first-order valence-electron chi connectivity index (χ1n) is 10.1. The van der Waals surface area contributed by atoms with Crippen LogP contribution >= 0.6 is 15.9 Å². The van der Waals surface area contributed by atoms with Gasteiger partial charge in [0.05, 0.1) is 25.1 Å². The van der Waals surface area contributed by atoms with Crippen molar-refractivity contribution in [3.05, 3.63) is 64.8 Å². The Morgan fingerprint density at radius 3 is 2.24 bits per heavy atom. The van der Waals surface area contributed by atoms with Crippen molar-refractivity contribution in [3.8, 4) is 17.0 Å². The minimum absolute atomic E-state index is 0.618. The van der Waals surface area contributed by atoms with Gasteiger partial charge in [-0.1, -0.05) is 28.1 Å². The van der Waals surface area contributed by atoms with E-state index < -0.39 is 11.9 Å². The number of methoxy groups -OCH3 is 1. The average molecular weight is 520 g/mol. The number of anilines is 1. The largest absolute Gasteiger partial charge is 0.494 e. The highest BCUT2D eigenvalue weighted by atomic mass is 79.9. The van der Waals surface area contributed by atoms with E-state index in [1.54, 1.807) is 7.11 Å². The van der Waals surface area contributed by atoms with Crippen LogP contribution in [0, 0.1) is 0 Å². The first kappa shape index (κ1) is 25.9. The minimum Gasteiger partial charge on any atom is -0.494 e. The van der Waals surface area contributed by atoms with Crippen molar-refractivity contribution < 1.29 is 29.3 Å². The summed E-state index contributed by atoms with van der Waals surface area (Å²) >= 11 is 3.47. The van der Waals surface area contributed by atoms with Gasteiger partial charge < -0.3 is 29.6 Å². The number of imidazole rings is 1. The Morgan fingerprint density at radius 1 is 1.06 bits per heavy atom. The molecule has 33 heavy (non-hydrogen) atoms. The molecule has 1 aromatic heterocycles. The molecule has 1 heterocycles. The van der Waals surface area contributed by atoms with Crippen LogP contribution in [0.2, 0.25) is 0 Å². The van der Waals surface area contributed by atoms with Gasteiger partial charge in [0.1, 0.15) is 5.75 Å². The van der Waals surface area contributed by atoms with E-state index in [4.69, 9.17) is 29.3 Å². The molecule has 2 aromatic carbocycles. The van der Waals surface area contributed by atoms with Gasteiger partial charge in [0, 0.05) is 30.2 Å². The zero-order valence-corrected chi connectivity index (χ0v) is 19.9. The minimum atomic E-state index is -1.82. The van der Waals surface area contributed by atoms with Gasteiger partial charge in [0.15, 0.2) is 0 Å². The molecule has 0 aliphatic carbocycles. The predicted molar refractivity (Wildman–Crippen MR) is 127 cm³/mol. The smallest absolute Gasteiger partial charge is 0.414 e. The van der Waals surface area contributed by atoms with Gasteiger partial charge in [0.2, 0.25) is 5.95 Å². The molecule has 3 aromatic rings. The van der Waals surface area contributed by atoms with Crippen molar-refractivity contribution in [1.29, 1.82) is 0 Å². The molecule has 9 nitrogen and oxygen atoms in total. The molecular formula is C23H26BrN3O6. The Balaban J connectivity index is 0.000000569. The molecule has 0 aliphatic rings. The van der Waals surface area contributed by atoms with Crippen LogP contribution in [0.1, 0.15) is 12.5 Å². The number of carbonyl (C=O) groups is 2. The van der Waals surface area contributed by atoms with Crippen LogP contribution in [-0.4, -0.2) is 52.0 Å². The Morgan fingerprint density at radius 2 is 1.70 bits per heavy atom. The Labute approximate surface area is 200 Å². The molecule has 3 N–H and O–H groups in total. The van der Waals surface area contributed by atoms with E-state index in [0.717, 1.165) is 34.0 Å². The summed E-state index contributed by atoms with van der Waals surface area (Å²) in [7, 11) is 1.71. The van der Waals surface area contributed by atoms with Crippen LogP contribution < -0.4 is 10.1 Å². The van der Waals surface area contributed by atoms with Gasteiger partial charge in [-0.25, -0.2) is 14.6 Å². The Kier molecular flexibility index (Phi) is 10.4. The maximum absolute atomic E-state index is 9.10. The number of benzene rings is 2. The Hall–Kier alpha value is -3.37. The van der Waals surface area contributed by atoms with Gasteiger partial charge in [-0.3, -0.25) is 0 Å². The normalized spacial score (nSPS) is 10.2. The zero-order chi connectivity index (χ0) is 24.2. The first-order chi connectivity index (χ1) is 15.8. The number of hydrogen-bond donors (Lipinski definition) is 3. The molecule has 0 saturated carbocycles. The molecule has 0 bridgehead atoms. The first-order valence-corrected chi connectivity index (χ1v) is 10.9. The summed E-state index contributed by atoms with van der Waals surface area (Å²) in [5.41, 5.74) is 3.34. The third-order valence-electron chi connectivity index (χ3n) is 4.38. The number of aromatic nitrogens is 2. The lowest BCUT2D eigenvalue weighted by Gasteiger charge is -2.13.